The van der Waals surface area contributed by atoms with Crippen molar-refractivity contribution in [3.8, 4) is 0 Å². The van der Waals surface area contributed by atoms with Gasteiger partial charge in [-0.2, -0.15) is 0 Å². The van der Waals surface area contributed by atoms with Gasteiger partial charge in [0.2, 0.25) is 0 Å². The highest BCUT2D eigenvalue weighted by molar-refractivity contribution is 9.10. The Balaban J connectivity index is 3.18. The fourth-order valence-corrected chi connectivity index (χ4v) is 1.46. The molecule has 0 amide bonds. The molecule has 13 heavy (non-hydrogen) atoms. The fourth-order valence-electron chi connectivity index (χ4n) is 0.965. The van der Waals surface area contributed by atoms with Gasteiger partial charge in [0.15, 0.2) is 0 Å². The third kappa shape index (κ3) is 2.32. The van der Waals surface area contributed by atoms with Crippen LogP contribution in [0.1, 0.15) is 19.4 Å². The van der Waals surface area contributed by atoms with Crippen LogP contribution in [-0.4, -0.2) is 6.29 Å². The lowest BCUT2D eigenvalue weighted by molar-refractivity contribution is -0.111. The molecule has 0 aliphatic carbocycles. The van der Waals surface area contributed by atoms with Gasteiger partial charge in [-0.15, -0.1) is 0 Å². The Kier molecular flexibility index (Phi) is 3.14. The van der Waals surface area contributed by atoms with Gasteiger partial charge < -0.3 is 4.79 Å². The molecule has 0 saturated heterocycles. The van der Waals surface area contributed by atoms with Crippen LogP contribution in [0.5, 0.6) is 0 Å². The predicted octanol–water partition coefficient (Wildman–Crippen LogP) is 3.58. The fraction of sp³-hybridized carbons (Fsp3) is 0.300. The molecule has 0 spiro atoms. The van der Waals surface area contributed by atoms with Crippen LogP contribution in [0.4, 0.5) is 0 Å². The average Bonchev–Trinajstić information content (AvgIpc) is 2.09. The third-order valence-electron chi connectivity index (χ3n) is 1.96. The van der Waals surface area contributed by atoms with Gasteiger partial charge in [-0.25, -0.2) is 0 Å². The van der Waals surface area contributed by atoms with E-state index in [4.69, 9.17) is 11.6 Å². The highest BCUT2D eigenvalue weighted by Crippen LogP contribution is 2.28. The summed E-state index contributed by atoms with van der Waals surface area (Å²) in [6.45, 7) is 3.74. The van der Waals surface area contributed by atoms with Crippen molar-refractivity contribution >= 4 is 33.8 Å². The molecule has 1 aromatic rings. The highest BCUT2D eigenvalue weighted by atomic mass is 79.9. The van der Waals surface area contributed by atoms with E-state index in [1.165, 1.54) is 0 Å². The van der Waals surface area contributed by atoms with Gasteiger partial charge in [-0.1, -0.05) is 17.7 Å². The quantitative estimate of drug-likeness (QED) is 0.744. The van der Waals surface area contributed by atoms with Crippen LogP contribution in [-0.2, 0) is 10.2 Å². The summed E-state index contributed by atoms with van der Waals surface area (Å²) in [5.74, 6) is 0. The number of carbonyl (C=O) groups is 1. The number of hydrogen-bond acceptors (Lipinski definition) is 1. The maximum absolute atomic E-state index is 10.8. The van der Waals surface area contributed by atoms with E-state index in [2.05, 4.69) is 15.9 Å². The summed E-state index contributed by atoms with van der Waals surface area (Å²) in [6.07, 6.45) is 0.933. The molecule has 0 atom stereocenters. The number of aldehydes is 1. The van der Waals surface area contributed by atoms with Gasteiger partial charge in [-0.05, 0) is 47.5 Å². The third-order valence-corrected chi connectivity index (χ3v) is 3.17. The summed E-state index contributed by atoms with van der Waals surface area (Å²) in [5, 5.41) is 0.658. The summed E-state index contributed by atoms with van der Waals surface area (Å²) in [7, 11) is 0. The minimum atomic E-state index is -0.451. The zero-order valence-electron chi connectivity index (χ0n) is 7.47. The van der Waals surface area contributed by atoms with Gasteiger partial charge in [0.25, 0.3) is 0 Å². The highest BCUT2D eigenvalue weighted by Gasteiger charge is 2.19. The van der Waals surface area contributed by atoms with E-state index in [9.17, 15) is 4.79 Å². The molecular formula is C10H10BrClO. The summed E-state index contributed by atoms with van der Waals surface area (Å²) < 4.78 is 0.821. The van der Waals surface area contributed by atoms with Crippen LogP contribution in [0, 0.1) is 0 Å². The van der Waals surface area contributed by atoms with Gasteiger partial charge in [0.05, 0.1) is 5.02 Å². The van der Waals surface area contributed by atoms with Crippen LogP contribution in [0.15, 0.2) is 22.7 Å². The van der Waals surface area contributed by atoms with Gasteiger partial charge in [0, 0.05) is 9.89 Å². The monoisotopic (exact) mass is 260 g/mol. The van der Waals surface area contributed by atoms with Crippen molar-refractivity contribution in [3.05, 3.63) is 33.3 Å². The lowest BCUT2D eigenvalue weighted by atomic mass is 9.86. The molecule has 0 heterocycles. The lowest BCUT2D eigenvalue weighted by Crippen LogP contribution is -2.18. The molecule has 0 aliphatic rings. The maximum Gasteiger partial charge on any atom is 0.129 e. The van der Waals surface area contributed by atoms with Crippen molar-refractivity contribution in [2.24, 2.45) is 0 Å². The molecular weight excluding hydrogens is 251 g/mol. The van der Waals surface area contributed by atoms with Gasteiger partial charge in [-0.3, -0.25) is 0 Å². The first-order valence-corrected chi connectivity index (χ1v) is 5.06. The van der Waals surface area contributed by atoms with Crippen LogP contribution in [0.25, 0.3) is 0 Å². The predicted molar refractivity (Wildman–Crippen MR) is 58.2 cm³/mol. The van der Waals surface area contributed by atoms with E-state index >= 15 is 0 Å². The minimum absolute atomic E-state index is 0.451. The summed E-state index contributed by atoms with van der Waals surface area (Å²) >= 11 is 9.16. The second-order valence-electron chi connectivity index (χ2n) is 3.47. The normalized spacial score (nSPS) is 11.4. The Hall–Kier alpha value is -0.340. The largest absolute Gasteiger partial charge is 0.302 e. The maximum atomic E-state index is 10.8. The number of hydrogen-bond donors (Lipinski definition) is 0. The molecule has 0 unspecified atom stereocenters. The van der Waals surface area contributed by atoms with E-state index in [0.29, 0.717) is 5.02 Å². The van der Waals surface area contributed by atoms with E-state index in [1.807, 2.05) is 26.0 Å². The topological polar surface area (TPSA) is 17.1 Å². The van der Waals surface area contributed by atoms with Crippen molar-refractivity contribution in [3.63, 3.8) is 0 Å². The van der Waals surface area contributed by atoms with E-state index in [1.54, 1.807) is 6.07 Å². The van der Waals surface area contributed by atoms with Crippen LogP contribution in [0.3, 0.4) is 0 Å². The Morgan fingerprint density at radius 3 is 2.54 bits per heavy atom. The zero-order chi connectivity index (χ0) is 10.1. The second kappa shape index (κ2) is 3.81. The SMILES string of the molecule is CC(C)(C=O)c1ccc(Cl)c(Br)c1. The molecule has 70 valence electrons. The van der Waals surface area contributed by atoms with Gasteiger partial charge >= 0.3 is 0 Å². The Morgan fingerprint density at radius 2 is 2.08 bits per heavy atom. The van der Waals surface area contributed by atoms with Crippen LogP contribution < -0.4 is 0 Å². The summed E-state index contributed by atoms with van der Waals surface area (Å²) in [5.41, 5.74) is 0.506. The first kappa shape index (κ1) is 10.7. The molecule has 0 fully saturated rings. The standard InChI is InChI=1S/C10H10BrClO/c1-10(2,6-13)7-3-4-9(12)8(11)5-7/h3-6H,1-2H3. The van der Waals surface area contributed by atoms with Crippen LogP contribution >= 0.6 is 27.5 Å². The first-order valence-electron chi connectivity index (χ1n) is 3.89. The molecule has 1 nitrogen and oxygen atoms in total. The second-order valence-corrected chi connectivity index (χ2v) is 4.73. The Labute approximate surface area is 91.2 Å². The summed E-state index contributed by atoms with van der Waals surface area (Å²) in [6, 6.07) is 5.52. The molecule has 1 aromatic carbocycles. The zero-order valence-corrected chi connectivity index (χ0v) is 9.82. The van der Waals surface area contributed by atoms with Crippen molar-refractivity contribution in [1.29, 1.82) is 0 Å². The van der Waals surface area contributed by atoms with Crippen molar-refractivity contribution in [2.75, 3.05) is 0 Å². The van der Waals surface area contributed by atoms with Gasteiger partial charge in [0.1, 0.15) is 6.29 Å². The number of benzene rings is 1. The van der Waals surface area contributed by atoms with E-state index in [-0.39, 0.29) is 0 Å². The van der Waals surface area contributed by atoms with Crippen molar-refractivity contribution in [2.45, 2.75) is 19.3 Å². The summed E-state index contributed by atoms with van der Waals surface area (Å²) in [4.78, 5) is 10.8. The first-order chi connectivity index (χ1) is 5.97. The number of halogens is 2. The number of rotatable bonds is 2. The number of carbonyl (C=O) groups excluding carboxylic acids is 1. The van der Waals surface area contributed by atoms with Crippen molar-refractivity contribution in [1.82, 2.24) is 0 Å². The molecule has 0 N–H and O–H groups in total. The molecule has 1 rings (SSSR count). The molecule has 0 radical (unpaired) electrons. The average molecular weight is 262 g/mol. The molecule has 0 saturated carbocycles. The Bertz CT molecular complexity index is 334. The smallest absolute Gasteiger partial charge is 0.129 e. The molecule has 3 heteroatoms. The van der Waals surface area contributed by atoms with Crippen molar-refractivity contribution < 1.29 is 4.79 Å². The van der Waals surface area contributed by atoms with Crippen LogP contribution in [0.2, 0.25) is 5.02 Å². The minimum Gasteiger partial charge on any atom is -0.302 e. The van der Waals surface area contributed by atoms with E-state index < -0.39 is 5.41 Å². The molecule has 0 aliphatic heterocycles. The molecule has 0 aromatic heterocycles. The Morgan fingerprint density at radius 1 is 1.46 bits per heavy atom. The van der Waals surface area contributed by atoms with E-state index in [0.717, 1.165) is 16.3 Å². The molecule has 0 bridgehead atoms. The lowest BCUT2D eigenvalue weighted by Gasteiger charge is -2.17.